The Bertz CT molecular complexity index is 634. The van der Waals surface area contributed by atoms with Gasteiger partial charge in [0.05, 0.1) is 28.7 Å². The predicted octanol–water partition coefficient (Wildman–Crippen LogP) is 3.80. The van der Waals surface area contributed by atoms with Gasteiger partial charge in [-0.3, -0.25) is 4.55 Å². The average Bonchev–Trinajstić information content (AvgIpc) is 2.42. The summed E-state index contributed by atoms with van der Waals surface area (Å²) >= 11 is 3.82. The number of anilines is 2. The highest BCUT2D eigenvalue weighted by molar-refractivity contribution is 7.81. The van der Waals surface area contributed by atoms with Gasteiger partial charge >= 0.3 is 0 Å². The lowest BCUT2D eigenvalue weighted by atomic mass is 10.3. The van der Waals surface area contributed by atoms with Crippen molar-refractivity contribution in [1.82, 2.24) is 4.98 Å². The Kier molecular flexibility index (Phi) is 5.17. The largest absolute Gasteiger partial charge is 0.475 e. The topological polar surface area (TPSA) is 62.7 Å². The van der Waals surface area contributed by atoms with Crippen molar-refractivity contribution in [3.05, 3.63) is 47.6 Å². The van der Waals surface area contributed by atoms with Crippen LogP contribution in [0.5, 0.6) is 5.88 Å². The number of aromatic nitrogens is 1. The molecule has 1 aromatic heterocycles. The molecule has 112 valence electrons. The standard InChI is InChI=1S/C14H15ClN2O3S/c1-10(2)20-14-8-7-11(9-16-14)17(21(18)19)13-6-4-3-5-12(13)15/h3-10H,1-2H3,(H,18,19). The van der Waals surface area contributed by atoms with Crippen molar-refractivity contribution in [2.24, 2.45) is 0 Å². The van der Waals surface area contributed by atoms with Crippen molar-refractivity contribution in [2.75, 3.05) is 4.31 Å². The van der Waals surface area contributed by atoms with E-state index in [4.69, 9.17) is 16.3 Å². The molecule has 5 nitrogen and oxygen atoms in total. The molecule has 7 heteroatoms. The Morgan fingerprint density at radius 1 is 1.29 bits per heavy atom. The van der Waals surface area contributed by atoms with Crippen molar-refractivity contribution in [1.29, 1.82) is 0 Å². The lowest BCUT2D eigenvalue weighted by Crippen LogP contribution is -2.19. The van der Waals surface area contributed by atoms with Crippen LogP contribution in [0.2, 0.25) is 5.02 Å². The SMILES string of the molecule is CC(C)Oc1ccc(N(c2ccccc2Cl)S(=O)O)cn1. The molecule has 0 saturated heterocycles. The summed E-state index contributed by atoms with van der Waals surface area (Å²) in [5, 5.41) is 0.377. The highest BCUT2D eigenvalue weighted by Gasteiger charge is 2.18. The number of hydrogen-bond acceptors (Lipinski definition) is 3. The number of ether oxygens (including phenoxy) is 1. The van der Waals surface area contributed by atoms with E-state index in [1.165, 1.54) is 10.5 Å². The van der Waals surface area contributed by atoms with E-state index in [1.54, 1.807) is 36.4 Å². The van der Waals surface area contributed by atoms with Gasteiger partial charge in [0.1, 0.15) is 0 Å². The van der Waals surface area contributed by atoms with Gasteiger partial charge in [-0.15, -0.1) is 0 Å². The van der Waals surface area contributed by atoms with Crippen LogP contribution in [-0.4, -0.2) is 19.8 Å². The molecule has 0 saturated carbocycles. The lowest BCUT2D eigenvalue weighted by Gasteiger charge is -2.21. The molecular weight excluding hydrogens is 312 g/mol. The first-order chi connectivity index (χ1) is 9.99. The quantitative estimate of drug-likeness (QED) is 0.849. The van der Waals surface area contributed by atoms with E-state index < -0.39 is 11.3 Å². The molecule has 0 aliphatic heterocycles. The van der Waals surface area contributed by atoms with Crippen molar-refractivity contribution in [3.8, 4) is 5.88 Å². The molecule has 2 aromatic rings. The van der Waals surface area contributed by atoms with Crippen LogP contribution >= 0.6 is 11.6 Å². The third kappa shape index (κ3) is 3.93. The molecule has 0 fully saturated rings. The second-order valence-electron chi connectivity index (χ2n) is 4.50. The molecule has 2 rings (SSSR count). The van der Waals surface area contributed by atoms with Crippen LogP contribution in [0, 0.1) is 0 Å². The average molecular weight is 327 g/mol. The number of pyridine rings is 1. The van der Waals surface area contributed by atoms with Gasteiger partial charge in [-0.05, 0) is 32.0 Å². The minimum Gasteiger partial charge on any atom is -0.475 e. The summed E-state index contributed by atoms with van der Waals surface area (Å²) in [6.07, 6.45) is 1.48. The van der Waals surface area contributed by atoms with Crippen molar-refractivity contribution >= 4 is 34.2 Å². The van der Waals surface area contributed by atoms with Crippen LogP contribution in [0.15, 0.2) is 42.6 Å². The Morgan fingerprint density at radius 2 is 2.00 bits per heavy atom. The molecule has 21 heavy (non-hydrogen) atoms. The molecule has 0 bridgehead atoms. The molecule has 1 unspecified atom stereocenters. The molecule has 1 aromatic carbocycles. The van der Waals surface area contributed by atoms with Crippen LogP contribution < -0.4 is 9.04 Å². The van der Waals surface area contributed by atoms with Crippen molar-refractivity contribution < 1.29 is 13.5 Å². The summed E-state index contributed by atoms with van der Waals surface area (Å²) in [5.74, 6) is 0.455. The second-order valence-corrected chi connectivity index (χ2v) is 5.73. The summed E-state index contributed by atoms with van der Waals surface area (Å²) < 4.78 is 27.8. The number of para-hydroxylation sites is 1. The molecule has 0 radical (unpaired) electrons. The van der Waals surface area contributed by atoms with Gasteiger partial charge in [0, 0.05) is 6.07 Å². The van der Waals surface area contributed by atoms with Crippen LogP contribution in [-0.2, 0) is 11.3 Å². The lowest BCUT2D eigenvalue weighted by molar-refractivity contribution is 0.232. The smallest absolute Gasteiger partial charge is 0.266 e. The maximum Gasteiger partial charge on any atom is 0.266 e. The van der Waals surface area contributed by atoms with Gasteiger partial charge in [-0.25, -0.2) is 13.5 Å². The van der Waals surface area contributed by atoms with Crippen LogP contribution in [0.25, 0.3) is 0 Å². The summed E-state index contributed by atoms with van der Waals surface area (Å²) in [6, 6.07) is 10.1. The number of rotatable bonds is 5. The van der Waals surface area contributed by atoms with Gasteiger partial charge in [-0.1, -0.05) is 23.7 Å². The molecule has 1 heterocycles. The summed E-state index contributed by atoms with van der Waals surface area (Å²) in [6.45, 7) is 3.79. The molecule has 0 aliphatic rings. The Balaban J connectivity index is 2.36. The first-order valence-corrected chi connectivity index (χ1v) is 7.71. The second kappa shape index (κ2) is 6.89. The molecule has 0 amide bonds. The van der Waals surface area contributed by atoms with Gasteiger partial charge in [0.25, 0.3) is 11.3 Å². The van der Waals surface area contributed by atoms with Crippen molar-refractivity contribution in [2.45, 2.75) is 20.0 Å². The van der Waals surface area contributed by atoms with E-state index in [1.807, 2.05) is 13.8 Å². The predicted molar refractivity (Wildman–Crippen MR) is 84.4 cm³/mol. The Hall–Kier alpha value is -1.63. The fourth-order valence-corrected chi connectivity index (χ4v) is 2.62. The third-order valence-electron chi connectivity index (χ3n) is 2.54. The maximum absolute atomic E-state index is 11.6. The van der Waals surface area contributed by atoms with Crippen LogP contribution in [0.1, 0.15) is 13.8 Å². The monoisotopic (exact) mass is 326 g/mol. The first-order valence-electron chi connectivity index (χ1n) is 6.27. The number of benzene rings is 1. The maximum atomic E-state index is 11.6. The number of hydrogen-bond donors (Lipinski definition) is 1. The molecule has 0 aliphatic carbocycles. The van der Waals surface area contributed by atoms with E-state index in [0.717, 1.165) is 0 Å². The normalized spacial score (nSPS) is 12.2. The van der Waals surface area contributed by atoms with Crippen LogP contribution in [0.3, 0.4) is 0 Å². The first kappa shape index (κ1) is 15.8. The third-order valence-corrected chi connectivity index (χ3v) is 3.58. The summed E-state index contributed by atoms with van der Waals surface area (Å²) in [5.41, 5.74) is 0.874. The van der Waals surface area contributed by atoms with Gasteiger partial charge in [0.15, 0.2) is 0 Å². The van der Waals surface area contributed by atoms with E-state index in [-0.39, 0.29) is 6.10 Å². The zero-order valence-corrected chi connectivity index (χ0v) is 13.1. The zero-order valence-electron chi connectivity index (χ0n) is 11.6. The van der Waals surface area contributed by atoms with E-state index in [9.17, 15) is 8.76 Å². The van der Waals surface area contributed by atoms with E-state index in [2.05, 4.69) is 4.98 Å². The summed E-state index contributed by atoms with van der Waals surface area (Å²) in [7, 11) is 0. The van der Waals surface area contributed by atoms with Crippen molar-refractivity contribution in [3.63, 3.8) is 0 Å². The summed E-state index contributed by atoms with van der Waals surface area (Å²) in [4.78, 5) is 4.12. The van der Waals surface area contributed by atoms with Gasteiger partial charge < -0.3 is 4.74 Å². The minimum atomic E-state index is -2.26. The van der Waals surface area contributed by atoms with Gasteiger partial charge in [0.2, 0.25) is 5.88 Å². The number of halogens is 1. The Morgan fingerprint density at radius 3 is 2.52 bits per heavy atom. The van der Waals surface area contributed by atoms with Gasteiger partial charge in [-0.2, -0.15) is 0 Å². The Labute approximate surface area is 130 Å². The van der Waals surface area contributed by atoms with Crippen LogP contribution in [0.4, 0.5) is 11.4 Å². The zero-order chi connectivity index (χ0) is 15.4. The highest BCUT2D eigenvalue weighted by Crippen LogP contribution is 2.32. The fraction of sp³-hybridized carbons (Fsp3) is 0.214. The molecule has 1 N–H and O–H groups in total. The minimum absolute atomic E-state index is 0.00925. The molecule has 1 atom stereocenters. The molecular formula is C14H15ClN2O3S. The van der Waals surface area contributed by atoms with E-state index in [0.29, 0.717) is 22.3 Å². The highest BCUT2D eigenvalue weighted by atomic mass is 35.5. The molecule has 0 spiro atoms. The van der Waals surface area contributed by atoms with E-state index >= 15 is 0 Å². The fourth-order valence-electron chi connectivity index (χ4n) is 1.73. The number of nitrogens with zero attached hydrogens (tertiary/aromatic N) is 2.